The molecule has 1 atom stereocenters. The molecule has 0 amide bonds. The highest BCUT2D eigenvalue weighted by atomic mass is 32.2. The van der Waals surface area contributed by atoms with E-state index < -0.39 is 0 Å². The van der Waals surface area contributed by atoms with Crippen LogP contribution in [-0.4, -0.2) is 28.4 Å². The van der Waals surface area contributed by atoms with Crippen molar-refractivity contribution in [2.75, 3.05) is 13.7 Å². The highest BCUT2D eigenvalue weighted by Gasteiger charge is 2.16. The lowest BCUT2D eigenvalue weighted by molar-refractivity contribution is 0.414. The maximum absolute atomic E-state index is 11.5. The molecule has 0 spiro atoms. The summed E-state index contributed by atoms with van der Waals surface area (Å²) < 4.78 is 6.73. The van der Waals surface area contributed by atoms with Crippen molar-refractivity contribution in [2.45, 2.75) is 23.9 Å². The summed E-state index contributed by atoms with van der Waals surface area (Å²) in [5, 5.41) is 7.20. The van der Waals surface area contributed by atoms with E-state index in [1.165, 1.54) is 11.8 Å². The Morgan fingerprint density at radius 1 is 1.45 bits per heavy atom. The zero-order valence-electron chi connectivity index (χ0n) is 11.5. The van der Waals surface area contributed by atoms with Gasteiger partial charge in [-0.15, -0.1) is 5.10 Å². The molecule has 6 nitrogen and oxygen atoms in total. The van der Waals surface area contributed by atoms with Crippen molar-refractivity contribution < 1.29 is 4.74 Å². The number of ether oxygens (including phenoxy) is 1. The van der Waals surface area contributed by atoms with E-state index in [1.807, 2.05) is 31.2 Å². The molecule has 0 aliphatic rings. The molecule has 0 saturated heterocycles. The van der Waals surface area contributed by atoms with Gasteiger partial charge >= 0.3 is 5.69 Å². The van der Waals surface area contributed by atoms with Gasteiger partial charge in [-0.2, -0.15) is 0 Å². The SMILES string of the molecule is CCn1c(SC(CN)c2ccc(OC)cc2)n[nH]c1=O. The minimum atomic E-state index is -0.194. The van der Waals surface area contributed by atoms with Crippen LogP contribution < -0.4 is 16.2 Å². The topological polar surface area (TPSA) is 85.9 Å². The quantitative estimate of drug-likeness (QED) is 0.786. The van der Waals surface area contributed by atoms with E-state index >= 15 is 0 Å². The molecule has 0 bridgehead atoms. The van der Waals surface area contributed by atoms with Crippen LogP contribution in [0.25, 0.3) is 0 Å². The van der Waals surface area contributed by atoms with Gasteiger partial charge in [0.15, 0.2) is 5.16 Å². The summed E-state index contributed by atoms with van der Waals surface area (Å²) in [5.41, 5.74) is 6.73. The number of methoxy groups -OCH3 is 1. The lowest BCUT2D eigenvalue weighted by atomic mass is 10.1. The third-order valence-electron chi connectivity index (χ3n) is 2.99. The second-order valence-electron chi connectivity index (χ2n) is 4.17. The summed E-state index contributed by atoms with van der Waals surface area (Å²) in [5.74, 6) is 0.805. The first-order valence-corrected chi connectivity index (χ1v) is 7.23. The molecule has 0 aliphatic heterocycles. The lowest BCUT2D eigenvalue weighted by Crippen LogP contribution is -2.17. The van der Waals surface area contributed by atoms with Crippen molar-refractivity contribution in [3.63, 3.8) is 0 Å². The van der Waals surface area contributed by atoms with Crippen molar-refractivity contribution in [3.8, 4) is 5.75 Å². The predicted octanol–water partition coefficient (Wildman–Crippen LogP) is 1.39. The van der Waals surface area contributed by atoms with Crippen molar-refractivity contribution in [2.24, 2.45) is 5.73 Å². The van der Waals surface area contributed by atoms with Crippen molar-refractivity contribution in [1.82, 2.24) is 14.8 Å². The van der Waals surface area contributed by atoms with Crippen LogP contribution in [0.5, 0.6) is 5.75 Å². The molecule has 1 unspecified atom stereocenters. The standard InChI is InChI=1S/C13H18N4O2S/c1-3-17-12(18)15-16-13(17)20-11(8-14)9-4-6-10(19-2)7-5-9/h4-7,11H,3,8,14H2,1-2H3,(H,15,18). The number of nitrogens with zero attached hydrogens (tertiary/aromatic N) is 2. The molecule has 0 fully saturated rings. The predicted molar refractivity (Wildman–Crippen MR) is 79.2 cm³/mol. The molecule has 2 aromatic rings. The van der Waals surface area contributed by atoms with Gasteiger partial charge in [0.25, 0.3) is 0 Å². The number of aromatic nitrogens is 3. The van der Waals surface area contributed by atoms with Crippen molar-refractivity contribution >= 4 is 11.8 Å². The van der Waals surface area contributed by atoms with Crippen LogP contribution in [0.4, 0.5) is 0 Å². The Bertz CT molecular complexity index is 606. The summed E-state index contributed by atoms with van der Waals surface area (Å²) in [6.07, 6.45) is 0. The van der Waals surface area contributed by atoms with E-state index in [0.717, 1.165) is 11.3 Å². The van der Waals surface area contributed by atoms with Crippen molar-refractivity contribution in [3.05, 3.63) is 40.3 Å². The average molecular weight is 294 g/mol. The zero-order chi connectivity index (χ0) is 14.5. The smallest absolute Gasteiger partial charge is 0.343 e. The summed E-state index contributed by atoms with van der Waals surface area (Å²) in [7, 11) is 1.63. The van der Waals surface area contributed by atoms with Gasteiger partial charge in [0.2, 0.25) is 0 Å². The summed E-state index contributed by atoms with van der Waals surface area (Å²) in [6.45, 7) is 2.95. The molecule has 1 aromatic carbocycles. The van der Waals surface area contributed by atoms with Gasteiger partial charge in [0.05, 0.1) is 7.11 Å². The Balaban J connectivity index is 2.21. The van der Waals surface area contributed by atoms with Gasteiger partial charge in [-0.05, 0) is 24.6 Å². The first kappa shape index (κ1) is 14.7. The van der Waals surface area contributed by atoms with Gasteiger partial charge in [0.1, 0.15) is 5.75 Å². The Labute approximate surface area is 121 Å². The number of nitrogens with one attached hydrogen (secondary N) is 1. The van der Waals surface area contributed by atoms with Gasteiger partial charge in [-0.1, -0.05) is 23.9 Å². The van der Waals surface area contributed by atoms with Crippen LogP contribution in [0.2, 0.25) is 0 Å². The van der Waals surface area contributed by atoms with E-state index in [1.54, 1.807) is 11.7 Å². The van der Waals surface area contributed by atoms with Crippen LogP contribution in [-0.2, 0) is 6.54 Å². The second-order valence-corrected chi connectivity index (χ2v) is 5.34. The normalized spacial score (nSPS) is 12.3. The molecule has 1 aromatic heterocycles. The highest BCUT2D eigenvalue weighted by molar-refractivity contribution is 7.99. The number of thioether (sulfide) groups is 1. The van der Waals surface area contributed by atoms with Crippen LogP contribution in [0, 0.1) is 0 Å². The Hall–Kier alpha value is -1.73. The molecule has 0 radical (unpaired) electrons. The number of aromatic amines is 1. The third kappa shape index (κ3) is 3.05. The first-order chi connectivity index (χ1) is 9.69. The zero-order valence-corrected chi connectivity index (χ0v) is 12.3. The fraction of sp³-hybridized carbons (Fsp3) is 0.385. The third-order valence-corrected chi connectivity index (χ3v) is 4.26. The molecule has 0 aliphatic carbocycles. The Kier molecular flexibility index (Phi) is 4.86. The maximum atomic E-state index is 11.5. The van der Waals surface area contributed by atoms with Gasteiger partial charge < -0.3 is 10.5 Å². The van der Waals surface area contributed by atoms with Crippen LogP contribution >= 0.6 is 11.8 Å². The van der Waals surface area contributed by atoms with Gasteiger partial charge in [0, 0.05) is 18.3 Å². The van der Waals surface area contributed by atoms with Crippen LogP contribution in [0.3, 0.4) is 0 Å². The van der Waals surface area contributed by atoms with E-state index in [4.69, 9.17) is 10.5 Å². The molecule has 20 heavy (non-hydrogen) atoms. The fourth-order valence-electron chi connectivity index (χ4n) is 1.87. The van der Waals surface area contributed by atoms with Crippen LogP contribution in [0.15, 0.2) is 34.2 Å². The van der Waals surface area contributed by atoms with Crippen LogP contribution in [0.1, 0.15) is 17.7 Å². The second kappa shape index (κ2) is 6.62. The first-order valence-electron chi connectivity index (χ1n) is 6.35. The molecule has 3 N–H and O–H groups in total. The molecular formula is C13H18N4O2S. The summed E-state index contributed by atoms with van der Waals surface area (Å²) in [4.78, 5) is 11.5. The minimum Gasteiger partial charge on any atom is -0.497 e. The number of hydrogen-bond donors (Lipinski definition) is 2. The lowest BCUT2D eigenvalue weighted by Gasteiger charge is -2.14. The molecule has 1 heterocycles. The number of hydrogen-bond acceptors (Lipinski definition) is 5. The van der Waals surface area contributed by atoms with Crippen molar-refractivity contribution in [1.29, 1.82) is 0 Å². The molecule has 108 valence electrons. The summed E-state index contributed by atoms with van der Waals surface area (Å²) in [6, 6.07) is 7.75. The number of nitrogens with two attached hydrogens (primary N) is 1. The Morgan fingerprint density at radius 2 is 2.15 bits per heavy atom. The molecule has 7 heteroatoms. The number of H-pyrrole nitrogens is 1. The maximum Gasteiger partial charge on any atom is 0.343 e. The van der Waals surface area contributed by atoms with E-state index in [-0.39, 0.29) is 10.9 Å². The molecule has 2 rings (SSSR count). The summed E-state index contributed by atoms with van der Waals surface area (Å²) >= 11 is 1.48. The van der Waals surface area contributed by atoms with Gasteiger partial charge in [-0.25, -0.2) is 9.89 Å². The molecular weight excluding hydrogens is 276 g/mol. The average Bonchev–Trinajstić information content (AvgIpc) is 2.84. The molecule has 0 saturated carbocycles. The van der Waals surface area contributed by atoms with Gasteiger partial charge in [-0.3, -0.25) is 4.57 Å². The monoisotopic (exact) mass is 294 g/mol. The highest BCUT2D eigenvalue weighted by Crippen LogP contribution is 2.33. The van der Waals surface area contributed by atoms with E-state index in [2.05, 4.69) is 10.2 Å². The largest absolute Gasteiger partial charge is 0.497 e. The fourth-order valence-corrected chi connectivity index (χ4v) is 2.95. The minimum absolute atomic E-state index is 0.0430. The Morgan fingerprint density at radius 3 is 2.70 bits per heavy atom. The van der Waals surface area contributed by atoms with E-state index in [9.17, 15) is 4.79 Å². The number of rotatable bonds is 6. The number of benzene rings is 1. The van der Waals surface area contributed by atoms with E-state index in [0.29, 0.717) is 18.2 Å².